The summed E-state index contributed by atoms with van der Waals surface area (Å²) in [5.41, 5.74) is 0. The Morgan fingerprint density at radius 3 is 2.76 bits per heavy atom. The van der Waals surface area contributed by atoms with Crippen molar-refractivity contribution in [1.82, 2.24) is 16.0 Å². The van der Waals surface area contributed by atoms with E-state index in [1.807, 2.05) is 0 Å². The highest BCUT2D eigenvalue weighted by Gasteiger charge is 2.64. The Bertz CT molecular complexity index is 548. The van der Waals surface area contributed by atoms with Crippen LogP contribution >= 0.6 is 0 Å². The highest BCUT2D eigenvalue weighted by molar-refractivity contribution is 6.06. The van der Waals surface area contributed by atoms with Crippen molar-refractivity contribution in [3.05, 3.63) is 0 Å². The molecule has 21 heavy (non-hydrogen) atoms. The first-order valence-corrected chi connectivity index (χ1v) is 8.14. The number of hydrogen-bond donors (Lipinski definition) is 3. The fraction of sp³-hybridized carbons (Fsp3) is 0.800. The van der Waals surface area contributed by atoms with Gasteiger partial charge in [0.1, 0.15) is 0 Å². The van der Waals surface area contributed by atoms with Crippen LogP contribution in [-0.4, -0.2) is 42.3 Å². The number of carbonyl (C=O) groups excluding carboxylic acids is 2. The SMILES string of the molecule is O=C1NC(=O)C2C1C1NC=NC1C1NC3CCCCC3C12. The number of rotatable bonds is 0. The van der Waals surface area contributed by atoms with Crippen LogP contribution in [0, 0.1) is 23.7 Å². The van der Waals surface area contributed by atoms with Gasteiger partial charge in [0.2, 0.25) is 11.8 Å². The molecule has 0 spiro atoms. The Hall–Kier alpha value is -1.43. The molecule has 5 rings (SSSR count). The van der Waals surface area contributed by atoms with Gasteiger partial charge in [0, 0.05) is 12.1 Å². The molecular formula is C15H20N4O2. The maximum absolute atomic E-state index is 12.4. The third-order valence-corrected chi connectivity index (χ3v) is 6.42. The van der Waals surface area contributed by atoms with Crippen LogP contribution in [0.5, 0.6) is 0 Å². The van der Waals surface area contributed by atoms with Gasteiger partial charge in [0.05, 0.1) is 30.3 Å². The van der Waals surface area contributed by atoms with Crippen LogP contribution in [-0.2, 0) is 9.59 Å². The minimum atomic E-state index is -0.242. The summed E-state index contributed by atoms with van der Waals surface area (Å²) < 4.78 is 0. The van der Waals surface area contributed by atoms with Crippen LogP contribution < -0.4 is 16.0 Å². The molecule has 2 saturated heterocycles. The molecular weight excluding hydrogens is 268 g/mol. The molecule has 2 saturated carbocycles. The number of fused-ring (bicyclic) bond motifs is 8. The molecule has 2 amide bonds. The summed E-state index contributed by atoms with van der Waals surface area (Å²) in [6, 6.07) is 0.827. The van der Waals surface area contributed by atoms with E-state index in [1.54, 1.807) is 6.34 Å². The summed E-state index contributed by atoms with van der Waals surface area (Å²) in [4.78, 5) is 29.2. The summed E-state index contributed by atoms with van der Waals surface area (Å²) in [7, 11) is 0. The van der Waals surface area contributed by atoms with Crippen LogP contribution in [0.2, 0.25) is 0 Å². The maximum atomic E-state index is 12.4. The molecule has 6 heteroatoms. The highest BCUT2D eigenvalue weighted by atomic mass is 16.2. The van der Waals surface area contributed by atoms with Crippen LogP contribution in [0.3, 0.4) is 0 Å². The molecule has 0 radical (unpaired) electrons. The van der Waals surface area contributed by atoms with Gasteiger partial charge in [-0.25, -0.2) is 0 Å². The summed E-state index contributed by atoms with van der Waals surface area (Å²) >= 11 is 0. The van der Waals surface area contributed by atoms with Crippen molar-refractivity contribution in [3.8, 4) is 0 Å². The molecule has 5 aliphatic rings. The number of aliphatic imine (C=N–C) groups is 1. The minimum absolute atomic E-state index is 0.0182. The normalized spacial score (nSPS) is 53.5. The lowest BCUT2D eigenvalue weighted by atomic mass is 9.62. The third kappa shape index (κ3) is 1.44. The minimum Gasteiger partial charge on any atom is -0.371 e. The molecule has 2 aliphatic carbocycles. The average Bonchev–Trinajstić information content (AvgIpc) is 3.14. The maximum Gasteiger partial charge on any atom is 0.232 e. The van der Waals surface area contributed by atoms with Gasteiger partial charge in [0.25, 0.3) is 0 Å². The molecule has 3 heterocycles. The smallest absolute Gasteiger partial charge is 0.232 e. The van der Waals surface area contributed by atoms with Gasteiger partial charge >= 0.3 is 0 Å². The van der Waals surface area contributed by atoms with E-state index in [9.17, 15) is 9.59 Å². The van der Waals surface area contributed by atoms with E-state index < -0.39 is 0 Å². The molecule has 8 unspecified atom stereocenters. The largest absolute Gasteiger partial charge is 0.371 e. The van der Waals surface area contributed by atoms with Crippen molar-refractivity contribution in [1.29, 1.82) is 0 Å². The zero-order chi connectivity index (χ0) is 14.1. The fourth-order valence-electron chi connectivity index (χ4n) is 5.72. The Morgan fingerprint density at radius 2 is 1.86 bits per heavy atom. The first-order valence-electron chi connectivity index (χ1n) is 8.14. The Labute approximate surface area is 123 Å². The molecule has 0 aromatic carbocycles. The number of hydrogen-bond acceptors (Lipinski definition) is 5. The van der Waals surface area contributed by atoms with E-state index in [-0.39, 0.29) is 47.7 Å². The molecule has 0 aromatic heterocycles. The van der Waals surface area contributed by atoms with Gasteiger partial charge in [-0.3, -0.25) is 19.9 Å². The van der Waals surface area contributed by atoms with Crippen molar-refractivity contribution in [2.24, 2.45) is 28.7 Å². The monoisotopic (exact) mass is 288 g/mol. The van der Waals surface area contributed by atoms with Gasteiger partial charge in [0.15, 0.2) is 0 Å². The highest BCUT2D eigenvalue weighted by Crippen LogP contribution is 2.51. The lowest BCUT2D eigenvalue weighted by Gasteiger charge is -2.42. The van der Waals surface area contributed by atoms with Gasteiger partial charge < -0.3 is 10.6 Å². The first kappa shape index (κ1) is 12.1. The van der Waals surface area contributed by atoms with E-state index >= 15 is 0 Å². The van der Waals surface area contributed by atoms with E-state index in [0.717, 1.165) is 0 Å². The number of nitrogens with zero attached hydrogens (tertiary/aromatic N) is 1. The average molecular weight is 288 g/mol. The van der Waals surface area contributed by atoms with E-state index in [4.69, 9.17) is 0 Å². The van der Waals surface area contributed by atoms with Crippen molar-refractivity contribution in [2.75, 3.05) is 0 Å². The number of nitrogens with one attached hydrogen (secondary N) is 3. The van der Waals surface area contributed by atoms with Crippen LogP contribution in [0.4, 0.5) is 0 Å². The molecule has 0 aromatic rings. The molecule has 0 bridgehead atoms. The van der Waals surface area contributed by atoms with Gasteiger partial charge in [-0.15, -0.1) is 0 Å². The molecule has 112 valence electrons. The summed E-state index contributed by atoms with van der Waals surface area (Å²) in [6.45, 7) is 0. The first-order chi connectivity index (χ1) is 10.3. The lowest BCUT2D eigenvalue weighted by molar-refractivity contribution is -0.126. The van der Waals surface area contributed by atoms with Gasteiger partial charge in [-0.2, -0.15) is 0 Å². The molecule has 3 N–H and O–H groups in total. The zero-order valence-corrected chi connectivity index (χ0v) is 11.8. The number of amides is 2. The van der Waals surface area contributed by atoms with Crippen LogP contribution in [0.15, 0.2) is 4.99 Å². The Kier molecular flexibility index (Phi) is 2.35. The van der Waals surface area contributed by atoms with E-state index in [1.165, 1.54) is 25.7 Å². The summed E-state index contributed by atoms with van der Waals surface area (Å²) in [6.07, 6.45) is 6.61. The molecule has 6 nitrogen and oxygen atoms in total. The quantitative estimate of drug-likeness (QED) is 0.520. The second-order valence-electron chi connectivity index (χ2n) is 7.19. The van der Waals surface area contributed by atoms with Crippen molar-refractivity contribution in [3.63, 3.8) is 0 Å². The third-order valence-electron chi connectivity index (χ3n) is 6.42. The summed E-state index contributed by atoms with van der Waals surface area (Å²) in [5.74, 6) is 0.234. The fourth-order valence-corrected chi connectivity index (χ4v) is 5.72. The second kappa shape index (κ2) is 4.06. The van der Waals surface area contributed by atoms with E-state index in [2.05, 4.69) is 20.9 Å². The Balaban J connectivity index is 1.59. The topological polar surface area (TPSA) is 82.6 Å². The lowest BCUT2D eigenvalue weighted by Crippen LogP contribution is -2.60. The second-order valence-corrected chi connectivity index (χ2v) is 7.19. The van der Waals surface area contributed by atoms with Crippen molar-refractivity contribution < 1.29 is 9.59 Å². The molecule has 4 fully saturated rings. The molecule has 8 atom stereocenters. The van der Waals surface area contributed by atoms with Crippen LogP contribution in [0.25, 0.3) is 0 Å². The predicted molar refractivity (Wildman–Crippen MR) is 75.5 cm³/mol. The van der Waals surface area contributed by atoms with Gasteiger partial charge in [-0.05, 0) is 24.7 Å². The molecule has 3 aliphatic heterocycles. The van der Waals surface area contributed by atoms with Crippen molar-refractivity contribution >= 4 is 18.2 Å². The van der Waals surface area contributed by atoms with E-state index in [0.29, 0.717) is 12.0 Å². The van der Waals surface area contributed by atoms with Gasteiger partial charge in [-0.1, -0.05) is 12.8 Å². The number of carbonyl (C=O) groups is 2. The van der Waals surface area contributed by atoms with Crippen LogP contribution in [0.1, 0.15) is 25.7 Å². The standard InChI is InChI=1S/C15H20N4O2/c20-14-9-8-6-3-1-2-4-7(6)18-12(8)13-11(16-5-17-13)10(9)15(21)19-14/h5-13,18H,1-4H2,(H,16,17)(H,19,20,21). The zero-order valence-electron chi connectivity index (χ0n) is 11.8. The Morgan fingerprint density at radius 1 is 1.05 bits per heavy atom. The number of imide groups is 1. The summed E-state index contributed by atoms with van der Waals surface area (Å²) in [5, 5.41) is 9.58. The van der Waals surface area contributed by atoms with Crippen molar-refractivity contribution in [2.45, 2.75) is 49.9 Å². The predicted octanol–water partition coefficient (Wildman–Crippen LogP) is -0.596.